The van der Waals surface area contributed by atoms with Crippen LogP contribution in [0.4, 0.5) is 11.4 Å². The lowest BCUT2D eigenvalue weighted by molar-refractivity contribution is 0.415. The smallest absolute Gasteiger partial charge is 0.352 e. The second-order valence-corrected chi connectivity index (χ2v) is 7.87. The van der Waals surface area contributed by atoms with Crippen molar-refractivity contribution in [3.63, 3.8) is 0 Å². The molecule has 168 valence electrons. The van der Waals surface area contributed by atoms with Gasteiger partial charge in [-0.15, -0.1) is 0 Å². The zero-order valence-corrected chi connectivity index (χ0v) is 18.6. The van der Waals surface area contributed by atoms with Crippen LogP contribution in [0, 0.1) is 0 Å². The maximum atomic E-state index is 12.7. The Hall–Kier alpha value is -3.55. The van der Waals surface area contributed by atoms with E-state index in [2.05, 4.69) is 27.0 Å². The fraction of sp³-hybridized carbons (Fsp3) is 0.375. The second kappa shape index (κ2) is 9.72. The van der Waals surface area contributed by atoms with Crippen molar-refractivity contribution in [3.8, 4) is 11.4 Å². The number of piperazine rings is 1. The molecule has 0 N–H and O–H groups in total. The number of rotatable bonds is 7. The van der Waals surface area contributed by atoms with Crippen molar-refractivity contribution in [2.45, 2.75) is 26.3 Å². The number of ether oxygens (including phenoxy) is 1. The van der Waals surface area contributed by atoms with Crippen LogP contribution in [0.5, 0.6) is 5.75 Å². The van der Waals surface area contributed by atoms with Crippen molar-refractivity contribution in [1.29, 1.82) is 0 Å². The highest BCUT2D eigenvalue weighted by molar-refractivity contribution is 5.54. The first kappa shape index (κ1) is 21.7. The Bertz CT molecular complexity index is 1140. The van der Waals surface area contributed by atoms with Gasteiger partial charge in [-0.1, -0.05) is 13.3 Å². The van der Waals surface area contributed by atoms with E-state index in [-0.39, 0.29) is 5.56 Å². The van der Waals surface area contributed by atoms with Crippen LogP contribution in [0.15, 0.2) is 64.3 Å². The molecule has 1 aliphatic rings. The fourth-order valence-electron chi connectivity index (χ4n) is 3.95. The molecule has 8 heteroatoms. The number of aromatic nitrogens is 3. The average molecular weight is 436 g/mol. The molecular formula is C24H29N5O3. The van der Waals surface area contributed by atoms with E-state index in [4.69, 9.17) is 4.74 Å². The first-order chi connectivity index (χ1) is 15.6. The summed E-state index contributed by atoms with van der Waals surface area (Å²) < 4.78 is 7.79. The molecule has 32 heavy (non-hydrogen) atoms. The molecule has 0 spiro atoms. The number of hydrogen-bond donors (Lipinski definition) is 0. The van der Waals surface area contributed by atoms with Gasteiger partial charge in [0.15, 0.2) is 0 Å². The molecule has 2 aromatic carbocycles. The molecule has 0 amide bonds. The van der Waals surface area contributed by atoms with Gasteiger partial charge < -0.3 is 14.5 Å². The SMILES string of the molecule is CCCCn1c(=O)cnn(-c2ccc(N3CCN(c4ccc(OC)cc4)CC3)cc2)c1=O. The molecule has 4 rings (SSSR count). The summed E-state index contributed by atoms with van der Waals surface area (Å²) in [6, 6.07) is 15.9. The fourth-order valence-corrected chi connectivity index (χ4v) is 3.95. The van der Waals surface area contributed by atoms with Gasteiger partial charge in [0.05, 0.1) is 12.8 Å². The molecule has 1 aromatic heterocycles. The molecule has 2 heterocycles. The highest BCUT2D eigenvalue weighted by atomic mass is 16.5. The van der Waals surface area contributed by atoms with Gasteiger partial charge in [0.1, 0.15) is 11.9 Å². The van der Waals surface area contributed by atoms with Crippen molar-refractivity contribution in [1.82, 2.24) is 14.3 Å². The predicted molar refractivity (Wildman–Crippen MR) is 126 cm³/mol. The molecule has 0 unspecified atom stereocenters. The minimum absolute atomic E-state index is 0.356. The Labute approximate surface area is 187 Å². The van der Waals surface area contributed by atoms with Crippen LogP contribution in [0.25, 0.3) is 5.69 Å². The third-order valence-electron chi connectivity index (χ3n) is 5.87. The van der Waals surface area contributed by atoms with Crippen LogP contribution in [0.2, 0.25) is 0 Å². The maximum Gasteiger partial charge on any atom is 0.352 e. The van der Waals surface area contributed by atoms with E-state index in [1.807, 2.05) is 43.3 Å². The van der Waals surface area contributed by atoms with Gasteiger partial charge in [-0.05, 0) is 55.0 Å². The first-order valence-electron chi connectivity index (χ1n) is 11.0. The minimum atomic E-state index is -0.396. The summed E-state index contributed by atoms with van der Waals surface area (Å²) in [4.78, 5) is 29.5. The number of nitrogens with zero attached hydrogens (tertiary/aromatic N) is 5. The highest BCUT2D eigenvalue weighted by Crippen LogP contribution is 2.23. The Kier molecular flexibility index (Phi) is 6.58. The van der Waals surface area contributed by atoms with E-state index in [0.29, 0.717) is 12.2 Å². The van der Waals surface area contributed by atoms with Crippen molar-refractivity contribution < 1.29 is 4.74 Å². The highest BCUT2D eigenvalue weighted by Gasteiger charge is 2.18. The summed E-state index contributed by atoms with van der Waals surface area (Å²) in [6.07, 6.45) is 2.90. The van der Waals surface area contributed by atoms with Gasteiger partial charge in [-0.25, -0.2) is 4.79 Å². The molecule has 1 aliphatic heterocycles. The summed E-state index contributed by atoms with van der Waals surface area (Å²) >= 11 is 0. The lowest BCUT2D eigenvalue weighted by Gasteiger charge is -2.37. The first-order valence-corrected chi connectivity index (χ1v) is 11.0. The quantitative estimate of drug-likeness (QED) is 0.568. The van der Waals surface area contributed by atoms with Crippen LogP contribution < -0.4 is 25.8 Å². The average Bonchev–Trinajstić information content (AvgIpc) is 2.84. The van der Waals surface area contributed by atoms with Gasteiger partial charge in [-0.3, -0.25) is 9.36 Å². The van der Waals surface area contributed by atoms with Crippen LogP contribution in [0.3, 0.4) is 0 Å². The van der Waals surface area contributed by atoms with Crippen molar-refractivity contribution >= 4 is 11.4 Å². The van der Waals surface area contributed by atoms with Gasteiger partial charge in [-0.2, -0.15) is 9.78 Å². The second-order valence-electron chi connectivity index (χ2n) is 7.87. The molecule has 0 radical (unpaired) electrons. The van der Waals surface area contributed by atoms with E-state index in [1.54, 1.807) is 7.11 Å². The molecule has 0 atom stereocenters. The molecular weight excluding hydrogens is 406 g/mol. The summed E-state index contributed by atoms with van der Waals surface area (Å²) in [5.74, 6) is 0.863. The van der Waals surface area contributed by atoms with Gasteiger partial charge in [0, 0.05) is 44.1 Å². The van der Waals surface area contributed by atoms with E-state index in [1.165, 1.54) is 21.1 Å². The molecule has 8 nitrogen and oxygen atoms in total. The van der Waals surface area contributed by atoms with Crippen LogP contribution >= 0.6 is 0 Å². The summed E-state index contributed by atoms with van der Waals surface area (Å²) in [7, 11) is 1.68. The Morgan fingerprint density at radius 1 is 0.844 bits per heavy atom. The molecule has 0 bridgehead atoms. The largest absolute Gasteiger partial charge is 0.497 e. The number of unbranched alkanes of at least 4 members (excludes halogenated alkanes) is 1. The number of anilines is 2. The molecule has 1 fully saturated rings. The van der Waals surface area contributed by atoms with Crippen LogP contribution in [-0.4, -0.2) is 47.6 Å². The van der Waals surface area contributed by atoms with Crippen LogP contribution in [-0.2, 0) is 6.54 Å². The number of methoxy groups -OCH3 is 1. The normalized spacial score (nSPS) is 13.9. The van der Waals surface area contributed by atoms with Gasteiger partial charge >= 0.3 is 5.69 Å². The molecule has 0 aliphatic carbocycles. The van der Waals surface area contributed by atoms with E-state index < -0.39 is 5.69 Å². The summed E-state index contributed by atoms with van der Waals surface area (Å²) in [6.45, 7) is 6.11. The third-order valence-corrected chi connectivity index (χ3v) is 5.87. The molecule has 3 aromatic rings. The zero-order valence-electron chi connectivity index (χ0n) is 18.6. The Morgan fingerprint density at radius 3 is 1.91 bits per heavy atom. The van der Waals surface area contributed by atoms with E-state index >= 15 is 0 Å². The van der Waals surface area contributed by atoms with Crippen molar-refractivity contribution in [2.75, 3.05) is 43.1 Å². The Morgan fingerprint density at radius 2 is 1.38 bits per heavy atom. The van der Waals surface area contributed by atoms with Crippen LogP contribution in [0.1, 0.15) is 19.8 Å². The lowest BCUT2D eigenvalue weighted by atomic mass is 10.2. The van der Waals surface area contributed by atoms with Gasteiger partial charge in [0.2, 0.25) is 0 Å². The third kappa shape index (κ3) is 4.54. The Balaban J connectivity index is 1.44. The number of benzene rings is 2. The van der Waals surface area contributed by atoms with E-state index in [0.717, 1.165) is 50.5 Å². The van der Waals surface area contributed by atoms with Gasteiger partial charge in [0.25, 0.3) is 5.56 Å². The standard InChI is InChI=1S/C24H29N5O3/c1-3-4-13-28-23(30)18-25-29(24(28)31)21-7-5-19(6-8-21)26-14-16-27(17-15-26)20-9-11-22(32-2)12-10-20/h5-12,18H,3-4,13-17H2,1-2H3. The monoisotopic (exact) mass is 435 g/mol. The van der Waals surface area contributed by atoms with Crippen molar-refractivity contribution in [2.24, 2.45) is 0 Å². The van der Waals surface area contributed by atoms with E-state index in [9.17, 15) is 9.59 Å². The summed E-state index contributed by atoms with van der Waals surface area (Å²) in [5.41, 5.74) is 2.21. The number of hydrogen-bond acceptors (Lipinski definition) is 6. The lowest BCUT2D eigenvalue weighted by Crippen LogP contribution is -2.46. The minimum Gasteiger partial charge on any atom is -0.497 e. The predicted octanol–water partition coefficient (Wildman–Crippen LogP) is 2.53. The van der Waals surface area contributed by atoms with Crippen molar-refractivity contribution in [3.05, 3.63) is 75.6 Å². The molecule has 1 saturated heterocycles. The summed E-state index contributed by atoms with van der Waals surface area (Å²) in [5, 5.41) is 4.06. The molecule has 0 saturated carbocycles. The maximum absolute atomic E-state index is 12.7. The zero-order chi connectivity index (χ0) is 22.5. The topological polar surface area (TPSA) is 72.6 Å².